The van der Waals surface area contributed by atoms with Crippen LogP contribution in [-0.2, 0) is 0 Å². The van der Waals surface area contributed by atoms with Gasteiger partial charge in [-0.2, -0.15) is 0 Å². The van der Waals surface area contributed by atoms with Crippen molar-refractivity contribution in [2.45, 2.75) is 6.92 Å². The van der Waals surface area contributed by atoms with E-state index in [4.69, 9.17) is 0 Å². The fourth-order valence-electron chi connectivity index (χ4n) is 1.35. The lowest BCUT2D eigenvalue weighted by Crippen LogP contribution is -1.85. The van der Waals surface area contributed by atoms with Gasteiger partial charge in [0.1, 0.15) is 10.4 Å². The molecule has 0 spiro atoms. The van der Waals surface area contributed by atoms with Crippen LogP contribution in [0.3, 0.4) is 0 Å². The van der Waals surface area contributed by atoms with E-state index in [1.807, 2.05) is 19.1 Å². The van der Waals surface area contributed by atoms with Crippen molar-refractivity contribution >= 4 is 26.8 Å². The molecule has 1 aromatic heterocycles. The molecule has 1 nitrogen and oxygen atoms in total. The molecule has 0 aliphatic carbocycles. The van der Waals surface area contributed by atoms with Crippen molar-refractivity contribution in [1.29, 1.82) is 0 Å². The standard InChI is InChI=1S/C10H7BrFN/c1-6-4-7(12)5-9-8(6)2-3-10(11)13-9/h2-5H,1H3. The van der Waals surface area contributed by atoms with Crippen LogP contribution in [0.1, 0.15) is 5.56 Å². The molecule has 0 saturated carbocycles. The van der Waals surface area contributed by atoms with Crippen LogP contribution in [0.4, 0.5) is 4.39 Å². The zero-order valence-corrected chi connectivity index (χ0v) is 8.60. The van der Waals surface area contributed by atoms with Gasteiger partial charge in [-0.15, -0.1) is 0 Å². The van der Waals surface area contributed by atoms with Crippen LogP contribution < -0.4 is 0 Å². The first-order valence-corrected chi connectivity index (χ1v) is 4.68. The molecular weight excluding hydrogens is 233 g/mol. The highest BCUT2D eigenvalue weighted by atomic mass is 79.9. The normalized spacial score (nSPS) is 10.7. The van der Waals surface area contributed by atoms with Gasteiger partial charge in [0.15, 0.2) is 0 Å². The molecule has 0 radical (unpaired) electrons. The molecule has 0 unspecified atom stereocenters. The fourth-order valence-corrected chi connectivity index (χ4v) is 1.67. The van der Waals surface area contributed by atoms with Gasteiger partial charge in [-0.3, -0.25) is 0 Å². The number of halogens is 2. The molecule has 0 amide bonds. The number of pyridine rings is 1. The molecule has 3 heteroatoms. The Bertz CT molecular complexity index is 462. The van der Waals surface area contributed by atoms with E-state index in [1.165, 1.54) is 12.1 Å². The molecule has 1 aromatic carbocycles. The minimum Gasteiger partial charge on any atom is -0.241 e. The summed E-state index contributed by atoms with van der Waals surface area (Å²) < 4.78 is 13.7. The van der Waals surface area contributed by atoms with Crippen LogP contribution in [0.2, 0.25) is 0 Å². The summed E-state index contributed by atoms with van der Waals surface area (Å²) in [5.74, 6) is -0.240. The van der Waals surface area contributed by atoms with Crippen molar-refractivity contribution in [1.82, 2.24) is 4.98 Å². The van der Waals surface area contributed by atoms with Crippen molar-refractivity contribution in [3.8, 4) is 0 Å². The SMILES string of the molecule is Cc1cc(F)cc2nc(Br)ccc12. The van der Waals surface area contributed by atoms with Crippen LogP contribution in [0.25, 0.3) is 10.9 Å². The predicted molar refractivity (Wildman–Crippen MR) is 54.1 cm³/mol. The highest BCUT2D eigenvalue weighted by molar-refractivity contribution is 9.10. The summed E-state index contributed by atoms with van der Waals surface area (Å²) in [6, 6.07) is 6.74. The average molecular weight is 240 g/mol. The monoisotopic (exact) mass is 239 g/mol. The van der Waals surface area contributed by atoms with Crippen molar-refractivity contribution in [2.75, 3.05) is 0 Å². The summed E-state index contributed by atoms with van der Waals surface area (Å²) >= 11 is 3.25. The van der Waals surface area contributed by atoms with Gasteiger partial charge in [-0.05, 0) is 46.6 Å². The molecule has 2 rings (SSSR count). The third-order valence-electron chi connectivity index (χ3n) is 1.94. The lowest BCUT2D eigenvalue weighted by atomic mass is 10.1. The Morgan fingerprint density at radius 3 is 2.85 bits per heavy atom. The lowest BCUT2D eigenvalue weighted by Gasteiger charge is -2.01. The van der Waals surface area contributed by atoms with Crippen LogP contribution in [0, 0.1) is 12.7 Å². The second-order valence-electron chi connectivity index (χ2n) is 2.92. The van der Waals surface area contributed by atoms with E-state index in [1.54, 1.807) is 0 Å². The summed E-state index contributed by atoms with van der Waals surface area (Å²) in [6.45, 7) is 1.88. The van der Waals surface area contributed by atoms with E-state index in [2.05, 4.69) is 20.9 Å². The van der Waals surface area contributed by atoms with Gasteiger partial charge in [0.2, 0.25) is 0 Å². The van der Waals surface area contributed by atoms with Crippen molar-refractivity contribution in [3.63, 3.8) is 0 Å². The third kappa shape index (κ3) is 1.56. The van der Waals surface area contributed by atoms with Gasteiger partial charge in [0.25, 0.3) is 0 Å². The van der Waals surface area contributed by atoms with Crippen molar-refractivity contribution in [3.05, 3.63) is 40.2 Å². The number of aromatic nitrogens is 1. The summed E-state index contributed by atoms with van der Waals surface area (Å²) in [4.78, 5) is 4.17. The third-order valence-corrected chi connectivity index (χ3v) is 2.39. The van der Waals surface area contributed by atoms with Gasteiger partial charge in [-0.1, -0.05) is 0 Å². The molecule has 66 valence electrons. The molecule has 13 heavy (non-hydrogen) atoms. The van der Waals surface area contributed by atoms with Crippen molar-refractivity contribution in [2.24, 2.45) is 0 Å². The van der Waals surface area contributed by atoms with Crippen LogP contribution in [-0.4, -0.2) is 4.98 Å². The van der Waals surface area contributed by atoms with E-state index < -0.39 is 0 Å². The molecule has 1 heterocycles. The number of hydrogen-bond acceptors (Lipinski definition) is 1. The van der Waals surface area contributed by atoms with Crippen LogP contribution in [0.15, 0.2) is 28.9 Å². The summed E-state index contributed by atoms with van der Waals surface area (Å²) in [7, 11) is 0. The molecular formula is C10H7BrFN. The molecule has 0 aliphatic rings. The fraction of sp³-hybridized carbons (Fsp3) is 0.100. The van der Waals surface area contributed by atoms with Gasteiger partial charge >= 0.3 is 0 Å². The average Bonchev–Trinajstić information content (AvgIpc) is 2.02. The number of benzene rings is 1. The molecule has 0 saturated heterocycles. The Hall–Kier alpha value is -0.960. The molecule has 0 aliphatic heterocycles. The quantitative estimate of drug-likeness (QED) is 0.642. The zero-order chi connectivity index (χ0) is 9.42. The van der Waals surface area contributed by atoms with Crippen LogP contribution in [0.5, 0.6) is 0 Å². The maximum Gasteiger partial charge on any atom is 0.125 e. The second-order valence-corrected chi connectivity index (χ2v) is 3.74. The van der Waals surface area contributed by atoms with Gasteiger partial charge in [0, 0.05) is 11.5 Å². The first-order valence-electron chi connectivity index (χ1n) is 3.89. The zero-order valence-electron chi connectivity index (χ0n) is 7.01. The van der Waals surface area contributed by atoms with Gasteiger partial charge in [0.05, 0.1) is 5.52 Å². The Balaban J connectivity index is 2.86. The summed E-state index contributed by atoms with van der Waals surface area (Å²) in [5, 5.41) is 0.990. The van der Waals surface area contributed by atoms with Crippen LogP contribution >= 0.6 is 15.9 Å². The summed E-state index contributed by atoms with van der Waals surface area (Å²) in [6.07, 6.45) is 0. The van der Waals surface area contributed by atoms with E-state index in [-0.39, 0.29) is 5.82 Å². The predicted octanol–water partition coefficient (Wildman–Crippen LogP) is 3.44. The van der Waals surface area contributed by atoms with E-state index >= 15 is 0 Å². The maximum atomic E-state index is 13.0. The highest BCUT2D eigenvalue weighted by Gasteiger charge is 2.01. The van der Waals surface area contributed by atoms with Gasteiger partial charge < -0.3 is 0 Å². The Morgan fingerprint density at radius 1 is 1.31 bits per heavy atom. The number of fused-ring (bicyclic) bond motifs is 1. The Labute approximate surface area is 83.7 Å². The molecule has 0 N–H and O–H groups in total. The highest BCUT2D eigenvalue weighted by Crippen LogP contribution is 2.20. The van der Waals surface area contributed by atoms with E-state index in [0.29, 0.717) is 5.52 Å². The number of nitrogens with zero attached hydrogens (tertiary/aromatic N) is 1. The van der Waals surface area contributed by atoms with Gasteiger partial charge in [-0.25, -0.2) is 9.37 Å². The minimum atomic E-state index is -0.240. The molecule has 0 bridgehead atoms. The van der Waals surface area contributed by atoms with E-state index in [0.717, 1.165) is 15.6 Å². The Morgan fingerprint density at radius 2 is 2.08 bits per heavy atom. The first kappa shape index (κ1) is 8.63. The Kier molecular flexibility index (Phi) is 2.04. The second kappa shape index (κ2) is 3.07. The smallest absolute Gasteiger partial charge is 0.125 e. The largest absolute Gasteiger partial charge is 0.241 e. The number of hydrogen-bond donors (Lipinski definition) is 0. The summed E-state index contributed by atoms with van der Waals surface area (Å²) in [5.41, 5.74) is 1.60. The number of rotatable bonds is 0. The maximum absolute atomic E-state index is 13.0. The molecule has 0 atom stereocenters. The van der Waals surface area contributed by atoms with Crippen molar-refractivity contribution < 1.29 is 4.39 Å². The number of aryl methyl sites for hydroxylation is 1. The topological polar surface area (TPSA) is 12.9 Å². The van der Waals surface area contributed by atoms with E-state index in [9.17, 15) is 4.39 Å². The molecule has 0 fully saturated rings. The minimum absolute atomic E-state index is 0.240. The first-order chi connectivity index (χ1) is 6.16. The molecule has 2 aromatic rings. The lowest BCUT2D eigenvalue weighted by molar-refractivity contribution is 0.628.